The van der Waals surface area contributed by atoms with Gasteiger partial charge in [-0.1, -0.05) is 48.0 Å². The number of hydrogen-bond donors (Lipinski definition) is 0. The van der Waals surface area contributed by atoms with E-state index in [0.717, 1.165) is 11.1 Å². The Morgan fingerprint density at radius 2 is 1.60 bits per heavy atom. The summed E-state index contributed by atoms with van der Waals surface area (Å²) in [7, 11) is 0. The van der Waals surface area contributed by atoms with Crippen molar-refractivity contribution in [2.45, 2.75) is 20.8 Å². The molecule has 0 fully saturated rings. The number of ether oxygens (including phenoxy) is 1. The Balaban J connectivity index is 2.28. The van der Waals surface area contributed by atoms with E-state index >= 15 is 0 Å². The Kier molecular flexibility index (Phi) is 4.04. The predicted octanol–water partition coefficient (Wildman–Crippen LogP) is 4.56. The van der Waals surface area contributed by atoms with Crippen LogP contribution >= 0.6 is 0 Å². The van der Waals surface area contributed by atoms with Crippen LogP contribution in [0.25, 0.3) is 5.76 Å². The molecule has 2 nitrogen and oxygen atoms in total. The van der Waals surface area contributed by atoms with Crippen molar-refractivity contribution in [2.75, 3.05) is 0 Å². The van der Waals surface area contributed by atoms with E-state index in [4.69, 9.17) is 4.74 Å². The molecule has 2 heteroatoms. The highest BCUT2D eigenvalue weighted by Crippen LogP contribution is 2.25. The number of Topliss-reactive ketones (excluding diaryl/α,β-unsaturated/α-hetero) is 1. The largest absolute Gasteiger partial charge is 0.457 e. The van der Waals surface area contributed by atoms with Crippen LogP contribution in [0, 0.1) is 13.8 Å². The number of benzene rings is 2. The summed E-state index contributed by atoms with van der Waals surface area (Å²) < 4.78 is 5.77. The Morgan fingerprint density at radius 1 is 1.00 bits per heavy atom. The third-order valence-corrected chi connectivity index (χ3v) is 3.12. The third-order valence-electron chi connectivity index (χ3n) is 3.12. The number of carbonyl (C=O) groups excluding carboxylic acids is 1. The molecular formula is C18H18O2. The molecule has 0 bridgehead atoms. The van der Waals surface area contributed by atoms with Gasteiger partial charge in [0.05, 0.1) is 5.56 Å². The van der Waals surface area contributed by atoms with Crippen molar-refractivity contribution in [3.63, 3.8) is 0 Å². The van der Waals surface area contributed by atoms with Crippen LogP contribution < -0.4 is 4.74 Å². The molecule has 0 spiro atoms. The van der Waals surface area contributed by atoms with E-state index in [9.17, 15) is 4.79 Å². The molecule has 0 atom stereocenters. The van der Waals surface area contributed by atoms with Crippen LogP contribution in [-0.2, 0) is 0 Å². The first-order valence-electron chi connectivity index (χ1n) is 6.53. The van der Waals surface area contributed by atoms with Gasteiger partial charge in [-0.2, -0.15) is 0 Å². The van der Waals surface area contributed by atoms with E-state index in [1.165, 1.54) is 12.5 Å². The predicted molar refractivity (Wildman–Crippen MR) is 82.0 cm³/mol. The summed E-state index contributed by atoms with van der Waals surface area (Å²) in [4.78, 5) is 11.7. The summed E-state index contributed by atoms with van der Waals surface area (Å²) in [6, 6.07) is 13.5. The van der Waals surface area contributed by atoms with Gasteiger partial charge in [-0.05, 0) is 32.9 Å². The second-order valence-corrected chi connectivity index (χ2v) is 4.95. The van der Waals surface area contributed by atoms with Gasteiger partial charge in [0.25, 0.3) is 0 Å². The van der Waals surface area contributed by atoms with Gasteiger partial charge >= 0.3 is 0 Å². The summed E-state index contributed by atoms with van der Waals surface area (Å²) in [5.41, 5.74) is 3.70. The van der Waals surface area contributed by atoms with E-state index in [-0.39, 0.29) is 5.78 Å². The monoisotopic (exact) mass is 266 g/mol. The molecule has 0 aliphatic rings. The number of ketones is 1. The van der Waals surface area contributed by atoms with Crippen molar-refractivity contribution in [3.05, 3.63) is 71.3 Å². The van der Waals surface area contributed by atoms with Gasteiger partial charge in [0.1, 0.15) is 11.5 Å². The van der Waals surface area contributed by atoms with Gasteiger partial charge in [0, 0.05) is 5.56 Å². The van der Waals surface area contributed by atoms with E-state index in [1.54, 1.807) is 0 Å². The summed E-state index contributed by atoms with van der Waals surface area (Å²) in [5, 5.41) is 0. The standard InChI is InChI=1S/C18H18O2/c1-12-5-8-16(9-6-12)15(4)20-18-10-7-13(2)11-17(18)14(3)19/h5-11H,4H2,1-3H3. The van der Waals surface area contributed by atoms with Gasteiger partial charge in [0.2, 0.25) is 0 Å². The van der Waals surface area contributed by atoms with Crippen molar-refractivity contribution in [2.24, 2.45) is 0 Å². The lowest BCUT2D eigenvalue weighted by atomic mass is 10.1. The van der Waals surface area contributed by atoms with Crippen molar-refractivity contribution in [3.8, 4) is 5.75 Å². The Bertz CT molecular complexity index is 652. The van der Waals surface area contributed by atoms with Crippen LogP contribution in [0.3, 0.4) is 0 Å². The minimum absolute atomic E-state index is 0.0135. The van der Waals surface area contributed by atoms with Crippen LogP contribution in [0.1, 0.15) is 34.0 Å². The maximum atomic E-state index is 11.7. The molecule has 2 rings (SSSR count). The molecule has 102 valence electrons. The number of carbonyl (C=O) groups is 1. The van der Waals surface area contributed by atoms with E-state index < -0.39 is 0 Å². The molecule has 0 aliphatic heterocycles. The molecule has 0 radical (unpaired) electrons. The fourth-order valence-corrected chi connectivity index (χ4v) is 1.94. The first-order valence-corrected chi connectivity index (χ1v) is 6.53. The maximum absolute atomic E-state index is 11.7. The smallest absolute Gasteiger partial charge is 0.163 e. The lowest BCUT2D eigenvalue weighted by Gasteiger charge is -2.12. The fraction of sp³-hybridized carbons (Fsp3) is 0.167. The van der Waals surface area contributed by atoms with Crippen molar-refractivity contribution < 1.29 is 9.53 Å². The summed E-state index contributed by atoms with van der Waals surface area (Å²) in [6.07, 6.45) is 0. The molecule has 0 N–H and O–H groups in total. The van der Waals surface area contributed by atoms with Crippen molar-refractivity contribution in [1.29, 1.82) is 0 Å². The molecular weight excluding hydrogens is 248 g/mol. The zero-order chi connectivity index (χ0) is 14.7. The Morgan fingerprint density at radius 3 is 2.20 bits per heavy atom. The molecule has 0 saturated heterocycles. The molecule has 0 amide bonds. The molecule has 0 heterocycles. The summed E-state index contributed by atoms with van der Waals surface area (Å²) >= 11 is 0. The lowest BCUT2D eigenvalue weighted by molar-refractivity contribution is 0.101. The van der Waals surface area contributed by atoms with Gasteiger partial charge in [-0.3, -0.25) is 4.79 Å². The highest BCUT2D eigenvalue weighted by molar-refractivity contribution is 5.97. The van der Waals surface area contributed by atoms with Gasteiger partial charge < -0.3 is 4.74 Å². The Hall–Kier alpha value is -2.35. The highest BCUT2D eigenvalue weighted by Gasteiger charge is 2.11. The first kappa shape index (κ1) is 14.1. The molecule has 0 saturated carbocycles. The second kappa shape index (κ2) is 5.74. The molecule has 0 aliphatic carbocycles. The zero-order valence-electron chi connectivity index (χ0n) is 12.1. The van der Waals surface area contributed by atoms with Gasteiger partial charge in [-0.15, -0.1) is 0 Å². The van der Waals surface area contributed by atoms with E-state index in [1.807, 2.05) is 56.3 Å². The second-order valence-electron chi connectivity index (χ2n) is 4.95. The number of rotatable bonds is 4. The van der Waals surface area contributed by atoms with Crippen molar-refractivity contribution in [1.82, 2.24) is 0 Å². The molecule has 2 aromatic rings. The van der Waals surface area contributed by atoms with Crippen LogP contribution in [0.5, 0.6) is 5.75 Å². The fourth-order valence-electron chi connectivity index (χ4n) is 1.94. The topological polar surface area (TPSA) is 26.3 Å². The Labute approximate surface area is 119 Å². The molecule has 0 unspecified atom stereocenters. The zero-order valence-corrected chi connectivity index (χ0v) is 12.1. The van der Waals surface area contributed by atoms with Gasteiger partial charge in [0.15, 0.2) is 5.78 Å². The minimum Gasteiger partial charge on any atom is -0.457 e. The van der Waals surface area contributed by atoms with Gasteiger partial charge in [-0.25, -0.2) is 0 Å². The first-order chi connectivity index (χ1) is 9.47. The number of aryl methyl sites for hydroxylation is 2. The quantitative estimate of drug-likeness (QED) is 0.599. The lowest BCUT2D eigenvalue weighted by Crippen LogP contribution is -2.01. The minimum atomic E-state index is -0.0135. The summed E-state index contributed by atoms with van der Waals surface area (Å²) in [6.45, 7) is 9.46. The average Bonchev–Trinajstić information content (AvgIpc) is 2.41. The SMILES string of the molecule is C=C(Oc1ccc(C)cc1C(C)=O)c1ccc(C)cc1. The average molecular weight is 266 g/mol. The van der Waals surface area contributed by atoms with Crippen LogP contribution in [0.4, 0.5) is 0 Å². The van der Waals surface area contributed by atoms with E-state index in [2.05, 4.69) is 6.58 Å². The van der Waals surface area contributed by atoms with Crippen LogP contribution in [-0.4, -0.2) is 5.78 Å². The summed E-state index contributed by atoms with van der Waals surface area (Å²) in [5.74, 6) is 1.07. The third kappa shape index (κ3) is 3.15. The molecule has 20 heavy (non-hydrogen) atoms. The normalized spacial score (nSPS) is 10.2. The molecule has 2 aromatic carbocycles. The van der Waals surface area contributed by atoms with E-state index in [0.29, 0.717) is 17.1 Å². The van der Waals surface area contributed by atoms with Crippen LogP contribution in [0.15, 0.2) is 49.0 Å². The number of hydrogen-bond acceptors (Lipinski definition) is 2. The molecule has 0 aromatic heterocycles. The maximum Gasteiger partial charge on any atom is 0.163 e. The van der Waals surface area contributed by atoms with Crippen LogP contribution in [0.2, 0.25) is 0 Å². The van der Waals surface area contributed by atoms with Crippen molar-refractivity contribution >= 4 is 11.5 Å². The highest BCUT2D eigenvalue weighted by atomic mass is 16.5.